The quantitative estimate of drug-likeness (QED) is 0.443. The largest absolute Gasteiger partial charge is 0.478 e. The fourth-order valence-electron chi connectivity index (χ4n) is 0.368. The monoisotopic (exact) mass is 187 g/mol. The number of rotatable bonds is 4. The first kappa shape index (κ1) is 14.4. The van der Waals surface area contributed by atoms with E-state index in [0.717, 1.165) is 0 Å². The van der Waals surface area contributed by atoms with Crippen LogP contribution in [0.25, 0.3) is 0 Å². The molecular weight excluding hydrogens is 170 g/mol. The summed E-state index contributed by atoms with van der Waals surface area (Å²) in [5.74, 6) is -0.927. The average Bonchev–Trinajstić information content (AvgIpc) is 2.14. The predicted molar refractivity (Wildman–Crippen MR) is 52.3 cm³/mol. The van der Waals surface area contributed by atoms with E-state index in [1.807, 2.05) is 0 Å². The first-order chi connectivity index (χ1) is 6.09. The molecule has 0 aromatic heterocycles. The van der Waals surface area contributed by atoms with E-state index in [9.17, 15) is 4.79 Å². The summed E-state index contributed by atoms with van der Waals surface area (Å²) in [5.41, 5.74) is 5.19. The van der Waals surface area contributed by atoms with Crippen LogP contribution in [-0.4, -0.2) is 29.3 Å². The Bertz CT molecular complexity index is 176. The van der Waals surface area contributed by atoms with Crippen molar-refractivity contribution in [3.63, 3.8) is 0 Å². The highest BCUT2D eigenvalue weighted by molar-refractivity contribution is 5.85. The lowest BCUT2D eigenvalue weighted by molar-refractivity contribution is -0.132. The summed E-state index contributed by atoms with van der Waals surface area (Å²) in [7, 11) is 0. The third-order valence-corrected chi connectivity index (χ3v) is 1.08. The molecule has 0 saturated heterocycles. The molecule has 0 aromatic carbocycles. The van der Waals surface area contributed by atoms with Gasteiger partial charge in [0.1, 0.15) is 0 Å². The Balaban J connectivity index is 0. The maximum absolute atomic E-state index is 10.1. The molecule has 0 bridgehead atoms. The number of nitrogens with two attached hydrogens (primary N) is 1. The van der Waals surface area contributed by atoms with Gasteiger partial charge < -0.3 is 15.9 Å². The Kier molecular flexibility index (Phi) is 12.0. The van der Waals surface area contributed by atoms with Crippen LogP contribution in [0.1, 0.15) is 13.3 Å². The molecule has 0 aliphatic rings. The van der Waals surface area contributed by atoms with Crippen LogP contribution in [0.2, 0.25) is 0 Å². The zero-order valence-corrected chi connectivity index (χ0v) is 7.86. The molecule has 13 heavy (non-hydrogen) atoms. The zero-order chi connectivity index (χ0) is 10.7. The van der Waals surface area contributed by atoms with E-state index in [1.165, 1.54) is 13.0 Å². The molecule has 0 rings (SSSR count). The van der Waals surface area contributed by atoms with Crippen LogP contribution in [0.15, 0.2) is 24.3 Å². The van der Waals surface area contributed by atoms with Gasteiger partial charge in [0.05, 0.1) is 0 Å². The van der Waals surface area contributed by atoms with E-state index in [4.69, 9.17) is 15.9 Å². The van der Waals surface area contributed by atoms with E-state index >= 15 is 0 Å². The number of carboxylic acid groups (broad SMARTS) is 1. The van der Waals surface area contributed by atoms with Gasteiger partial charge in [0, 0.05) is 18.7 Å². The van der Waals surface area contributed by atoms with Crippen molar-refractivity contribution in [2.24, 2.45) is 5.73 Å². The SMILES string of the molecule is C=CCN.CC(=CCCO)C(=O)O. The van der Waals surface area contributed by atoms with Crippen molar-refractivity contribution < 1.29 is 15.0 Å². The van der Waals surface area contributed by atoms with Crippen molar-refractivity contribution >= 4 is 5.97 Å². The van der Waals surface area contributed by atoms with Crippen LogP contribution >= 0.6 is 0 Å². The Hall–Kier alpha value is -1.13. The van der Waals surface area contributed by atoms with Crippen molar-refractivity contribution in [3.8, 4) is 0 Å². The molecule has 76 valence electrons. The maximum atomic E-state index is 10.1. The number of aliphatic carboxylic acids is 1. The second kappa shape index (κ2) is 10.9. The van der Waals surface area contributed by atoms with Gasteiger partial charge in [-0.15, -0.1) is 6.58 Å². The van der Waals surface area contributed by atoms with Crippen LogP contribution in [0.3, 0.4) is 0 Å². The lowest BCUT2D eigenvalue weighted by Crippen LogP contribution is -1.95. The number of carbonyl (C=O) groups is 1. The number of aliphatic hydroxyl groups is 1. The minimum absolute atomic E-state index is 0.00458. The molecule has 0 spiro atoms. The van der Waals surface area contributed by atoms with Gasteiger partial charge in [-0.3, -0.25) is 0 Å². The summed E-state index contributed by atoms with van der Waals surface area (Å²) in [6, 6.07) is 0. The molecule has 0 aromatic rings. The highest BCUT2D eigenvalue weighted by Gasteiger charge is 1.96. The molecule has 0 atom stereocenters. The highest BCUT2D eigenvalue weighted by Crippen LogP contribution is 1.93. The van der Waals surface area contributed by atoms with Crippen molar-refractivity contribution in [2.45, 2.75) is 13.3 Å². The van der Waals surface area contributed by atoms with Crippen molar-refractivity contribution in [2.75, 3.05) is 13.2 Å². The minimum Gasteiger partial charge on any atom is -0.478 e. The lowest BCUT2D eigenvalue weighted by Gasteiger charge is -1.89. The summed E-state index contributed by atoms with van der Waals surface area (Å²) < 4.78 is 0. The van der Waals surface area contributed by atoms with E-state index in [-0.39, 0.29) is 12.2 Å². The molecule has 4 nitrogen and oxygen atoms in total. The van der Waals surface area contributed by atoms with E-state index in [0.29, 0.717) is 13.0 Å². The van der Waals surface area contributed by atoms with Gasteiger partial charge >= 0.3 is 5.97 Å². The normalized spacial score (nSPS) is 9.92. The maximum Gasteiger partial charge on any atom is 0.330 e. The minimum atomic E-state index is -0.927. The smallest absolute Gasteiger partial charge is 0.330 e. The summed E-state index contributed by atoms with van der Waals surface area (Å²) in [4.78, 5) is 10.1. The van der Waals surface area contributed by atoms with Crippen molar-refractivity contribution in [1.29, 1.82) is 0 Å². The van der Waals surface area contributed by atoms with Crippen LogP contribution in [0, 0.1) is 0 Å². The molecule has 0 fully saturated rings. The second-order valence-corrected chi connectivity index (χ2v) is 2.23. The van der Waals surface area contributed by atoms with E-state index in [1.54, 1.807) is 6.08 Å². The second-order valence-electron chi connectivity index (χ2n) is 2.23. The van der Waals surface area contributed by atoms with Gasteiger partial charge in [-0.25, -0.2) is 4.79 Å². The lowest BCUT2D eigenvalue weighted by atomic mass is 10.2. The Morgan fingerprint density at radius 3 is 2.31 bits per heavy atom. The van der Waals surface area contributed by atoms with Crippen molar-refractivity contribution in [3.05, 3.63) is 24.3 Å². The summed E-state index contributed by atoms with van der Waals surface area (Å²) in [5, 5.41) is 16.5. The molecule has 4 N–H and O–H groups in total. The van der Waals surface area contributed by atoms with E-state index < -0.39 is 5.97 Å². The Labute approximate surface area is 78.4 Å². The van der Waals surface area contributed by atoms with Crippen molar-refractivity contribution in [1.82, 2.24) is 0 Å². The van der Waals surface area contributed by atoms with Crippen LogP contribution < -0.4 is 5.73 Å². The number of hydrogen-bond donors (Lipinski definition) is 3. The molecular formula is C9H17NO3. The summed E-state index contributed by atoms with van der Waals surface area (Å²) in [6.45, 7) is 5.44. The Morgan fingerprint density at radius 2 is 2.08 bits per heavy atom. The molecule has 0 radical (unpaired) electrons. The van der Waals surface area contributed by atoms with Crippen LogP contribution in [0.5, 0.6) is 0 Å². The molecule has 0 heterocycles. The van der Waals surface area contributed by atoms with Gasteiger partial charge in [-0.1, -0.05) is 12.2 Å². The zero-order valence-electron chi connectivity index (χ0n) is 7.86. The molecule has 0 aliphatic carbocycles. The first-order valence-electron chi connectivity index (χ1n) is 3.92. The standard InChI is InChI=1S/C6H10O3.C3H7N/c1-5(6(8)9)3-2-4-7;1-2-3-4/h3,7H,2,4H2,1H3,(H,8,9);2H,1,3-4H2. The summed E-state index contributed by atoms with van der Waals surface area (Å²) in [6.07, 6.45) is 3.56. The average molecular weight is 187 g/mol. The molecule has 0 unspecified atom stereocenters. The molecule has 0 amide bonds. The van der Waals surface area contributed by atoms with Crippen LogP contribution in [-0.2, 0) is 4.79 Å². The fraction of sp³-hybridized carbons (Fsp3) is 0.444. The molecule has 0 aliphatic heterocycles. The number of aliphatic hydroxyl groups excluding tert-OH is 1. The van der Waals surface area contributed by atoms with Gasteiger partial charge in [-0.05, 0) is 13.3 Å². The van der Waals surface area contributed by atoms with Crippen LogP contribution in [0.4, 0.5) is 0 Å². The summed E-state index contributed by atoms with van der Waals surface area (Å²) >= 11 is 0. The molecule has 0 saturated carbocycles. The van der Waals surface area contributed by atoms with Gasteiger partial charge in [0.15, 0.2) is 0 Å². The Morgan fingerprint density at radius 1 is 1.62 bits per heavy atom. The fourth-order valence-corrected chi connectivity index (χ4v) is 0.368. The van der Waals surface area contributed by atoms with Gasteiger partial charge in [-0.2, -0.15) is 0 Å². The first-order valence-corrected chi connectivity index (χ1v) is 3.92. The molecule has 4 heteroatoms. The third-order valence-electron chi connectivity index (χ3n) is 1.08. The highest BCUT2D eigenvalue weighted by atomic mass is 16.4. The van der Waals surface area contributed by atoms with Gasteiger partial charge in [0.2, 0.25) is 0 Å². The predicted octanol–water partition coefficient (Wildman–Crippen LogP) is 0.531. The topological polar surface area (TPSA) is 83.5 Å². The van der Waals surface area contributed by atoms with E-state index in [2.05, 4.69) is 6.58 Å². The van der Waals surface area contributed by atoms with Gasteiger partial charge in [0.25, 0.3) is 0 Å². The third kappa shape index (κ3) is 13.8. The number of hydrogen-bond acceptors (Lipinski definition) is 3. The number of carboxylic acids is 1.